The van der Waals surface area contributed by atoms with Crippen LogP contribution in [0.5, 0.6) is 0 Å². The van der Waals surface area contributed by atoms with Crippen molar-refractivity contribution < 1.29 is 18.6 Å². The van der Waals surface area contributed by atoms with Crippen LogP contribution >= 0.6 is 11.6 Å². The first-order chi connectivity index (χ1) is 6.05. The summed E-state index contributed by atoms with van der Waals surface area (Å²) >= 11 is 5.32. The molecule has 0 aromatic rings. The van der Waals surface area contributed by atoms with E-state index in [4.69, 9.17) is 21.8 Å². The lowest BCUT2D eigenvalue weighted by Crippen LogP contribution is -2.41. The van der Waals surface area contributed by atoms with Gasteiger partial charge in [0.2, 0.25) is 10.0 Å². The number of hydrogen-bond donors (Lipinski definition) is 3. The standard InChI is InChI=1S/C6H14ClNO4S/c7-2-1-3-13(11,12)8-6(4-9)5-10/h6,8-10H,1-5H2. The number of nitrogens with one attached hydrogen (secondary N) is 1. The zero-order valence-corrected chi connectivity index (χ0v) is 8.68. The zero-order chi connectivity index (χ0) is 10.3. The Labute approximate surface area is 82.8 Å². The number of halogens is 1. The molecule has 0 aromatic heterocycles. The second-order valence-corrected chi connectivity index (χ2v) is 4.79. The van der Waals surface area contributed by atoms with Crippen molar-refractivity contribution in [1.29, 1.82) is 0 Å². The molecule has 13 heavy (non-hydrogen) atoms. The van der Waals surface area contributed by atoms with Crippen molar-refractivity contribution in [2.45, 2.75) is 12.5 Å². The maximum absolute atomic E-state index is 11.1. The van der Waals surface area contributed by atoms with Crippen molar-refractivity contribution in [2.24, 2.45) is 0 Å². The Balaban J connectivity index is 4.00. The highest BCUT2D eigenvalue weighted by Gasteiger charge is 2.15. The summed E-state index contributed by atoms with van der Waals surface area (Å²) in [6.07, 6.45) is 0.348. The fourth-order valence-corrected chi connectivity index (χ4v) is 2.28. The normalized spacial score (nSPS) is 12.3. The van der Waals surface area contributed by atoms with Crippen LogP contribution in [0, 0.1) is 0 Å². The number of aliphatic hydroxyl groups is 2. The van der Waals surface area contributed by atoms with Crippen molar-refractivity contribution in [3.8, 4) is 0 Å². The summed E-state index contributed by atoms with van der Waals surface area (Å²) in [5.41, 5.74) is 0. The lowest BCUT2D eigenvalue weighted by atomic mass is 10.4. The van der Waals surface area contributed by atoms with E-state index in [2.05, 4.69) is 4.72 Å². The SMILES string of the molecule is O=S(=O)(CCCCl)NC(CO)CO. The molecule has 80 valence electrons. The summed E-state index contributed by atoms with van der Waals surface area (Å²) in [4.78, 5) is 0. The zero-order valence-electron chi connectivity index (χ0n) is 7.11. The Morgan fingerprint density at radius 2 is 1.85 bits per heavy atom. The molecule has 0 unspecified atom stereocenters. The van der Waals surface area contributed by atoms with E-state index in [-0.39, 0.29) is 11.6 Å². The van der Waals surface area contributed by atoms with Crippen molar-refractivity contribution >= 4 is 21.6 Å². The molecule has 0 aliphatic heterocycles. The minimum atomic E-state index is -3.42. The van der Waals surface area contributed by atoms with E-state index in [0.29, 0.717) is 6.42 Å². The van der Waals surface area contributed by atoms with Crippen molar-refractivity contribution in [1.82, 2.24) is 4.72 Å². The average molecular weight is 232 g/mol. The summed E-state index contributed by atoms with van der Waals surface area (Å²) in [6, 6.07) is -0.819. The van der Waals surface area contributed by atoms with E-state index in [1.54, 1.807) is 0 Å². The first-order valence-corrected chi connectivity index (χ1v) is 6.02. The Kier molecular flexibility index (Phi) is 6.62. The van der Waals surface area contributed by atoms with Crippen molar-refractivity contribution in [3.63, 3.8) is 0 Å². The van der Waals surface area contributed by atoms with Gasteiger partial charge in [0, 0.05) is 5.88 Å². The lowest BCUT2D eigenvalue weighted by molar-refractivity contribution is 0.185. The van der Waals surface area contributed by atoms with E-state index in [1.807, 2.05) is 0 Å². The topological polar surface area (TPSA) is 86.6 Å². The highest BCUT2D eigenvalue weighted by molar-refractivity contribution is 7.89. The van der Waals surface area contributed by atoms with Crippen LogP contribution in [0.1, 0.15) is 6.42 Å². The van der Waals surface area contributed by atoms with E-state index in [0.717, 1.165) is 0 Å². The van der Waals surface area contributed by atoms with Crippen LogP contribution in [0.4, 0.5) is 0 Å². The fourth-order valence-electron chi connectivity index (χ4n) is 0.690. The summed E-state index contributed by atoms with van der Waals surface area (Å²) < 4.78 is 24.4. The van der Waals surface area contributed by atoms with Gasteiger partial charge in [0.05, 0.1) is 25.0 Å². The van der Waals surface area contributed by atoms with E-state index < -0.39 is 29.3 Å². The Bertz CT molecular complexity index is 215. The number of alkyl halides is 1. The molecule has 0 saturated heterocycles. The van der Waals surface area contributed by atoms with Gasteiger partial charge in [-0.15, -0.1) is 11.6 Å². The van der Waals surface area contributed by atoms with Gasteiger partial charge in [0.1, 0.15) is 0 Å². The Morgan fingerprint density at radius 1 is 1.31 bits per heavy atom. The van der Waals surface area contributed by atoms with Crippen LogP contribution in [0.15, 0.2) is 0 Å². The fraction of sp³-hybridized carbons (Fsp3) is 1.00. The monoisotopic (exact) mass is 231 g/mol. The van der Waals surface area contributed by atoms with E-state index in [1.165, 1.54) is 0 Å². The van der Waals surface area contributed by atoms with Crippen LogP contribution in [-0.4, -0.2) is 49.5 Å². The highest BCUT2D eigenvalue weighted by atomic mass is 35.5. The quantitative estimate of drug-likeness (QED) is 0.485. The van der Waals surface area contributed by atoms with Gasteiger partial charge in [-0.1, -0.05) is 0 Å². The highest BCUT2D eigenvalue weighted by Crippen LogP contribution is 1.94. The van der Waals surface area contributed by atoms with Gasteiger partial charge in [-0.25, -0.2) is 13.1 Å². The molecule has 0 heterocycles. The van der Waals surface area contributed by atoms with Gasteiger partial charge in [0.15, 0.2) is 0 Å². The van der Waals surface area contributed by atoms with Gasteiger partial charge in [-0.3, -0.25) is 0 Å². The average Bonchev–Trinajstić information content (AvgIpc) is 2.11. The van der Waals surface area contributed by atoms with Crippen LogP contribution in [-0.2, 0) is 10.0 Å². The molecule has 0 fully saturated rings. The van der Waals surface area contributed by atoms with Crippen LogP contribution in [0.25, 0.3) is 0 Å². The molecule has 0 saturated carbocycles. The molecular formula is C6H14ClNO4S. The van der Waals surface area contributed by atoms with Crippen LogP contribution in [0.2, 0.25) is 0 Å². The predicted molar refractivity (Wildman–Crippen MR) is 50.2 cm³/mol. The molecule has 0 rings (SSSR count). The summed E-state index contributed by atoms with van der Waals surface area (Å²) in [6.45, 7) is -0.840. The molecule has 5 nitrogen and oxygen atoms in total. The van der Waals surface area contributed by atoms with Gasteiger partial charge in [-0.2, -0.15) is 0 Å². The maximum atomic E-state index is 11.1. The Hall–Kier alpha value is 0.120. The van der Waals surface area contributed by atoms with Gasteiger partial charge in [0.25, 0.3) is 0 Å². The molecule has 0 radical (unpaired) electrons. The molecule has 0 atom stereocenters. The second kappa shape index (κ2) is 6.56. The molecule has 0 aliphatic rings. The molecule has 0 aliphatic carbocycles. The summed E-state index contributed by atoms with van der Waals surface area (Å²) in [7, 11) is -3.42. The van der Waals surface area contributed by atoms with Crippen LogP contribution < -0.4 is 4.72 Å². The lowest BCUT2D eigenvalue weighted by Gasteiger charge is -2.12. The summed E-state index contributed by atoms with van der Waals surface area (Å²) in [5, 5.41) is 17.2. The van der Waals surface area contributed by atoms with Crippen molar-refractivity contribution in [3.05, 3.63) is 0 Å². The second-order valence-electron chi connectivity index (χ2n) is 2.54. The molecule has 0 spiro atoms. The van der Waals surface area contributed by atoms with Gasteiger partial charge >= 0.3 is 0 Å². The molecule has 0 amide bonds. The smallest absolute Gasteiger partial charge is 0.212 e. The maximum Gasteiger partial charge on any atom is 0.212 e. The first kappa shape index (κ1) is 13.1. The van der Waals surface area contributed by atoms with Gasteiger partial charge < -0.3 is 10.2 Å². The molecule has 3 N–H and O–H groups in total. The van der Waals surface area contributed by atoms with Crippen molar-refractivity contribution in [2.75, 3.05) is 24.8 Å². The van der Waals surface area contributed by atoms with E-state index >= 15 is 0 Å². The minimum absolute atomic E-state index is 0.0903. The molecule has 0 aromatic carbocycles. The van der Waals surface area contributed by atoms with Crippen LogP contribution in [0.3, 0.4) is 0 Å². The number of aliphatic hydroxyl groups excluding tert-OH is 2. The van der Waals surface area contributed by atoms with E-state index in [9.17, 15) is 8.42 Å². The third-order valence-electron chi connectivity index (χ3n) is 1.33. The largest absolute Gasteiger partial charge is 0.395 e. The number of sulfonamides is 1. The number of hydrogen-bond acceptors (Lipinski definition) is 4. The minimum Gasteiger partial charge on any atom is -0.395 e. The Morgan fingerprint density at radius 3 is 2.23 bits per heavy atom. The predicted octanol–water partition coefficient (Wildman–Crippen LogP) is -1.11. The number of rotatable bonds is 7. The molecule has 0 bridgehead atoms. The summed E-state index contributed by atoms with van der Waals surface area (Å²) in [5.74, 6) is 0.177. The third kappa shape index (κ3) is 6.23. The molecular weight excluding hydrogens is 218 g/mol. The third-order valence-corrected chi connectivity index (χ3v) is 3.12. The molecule has 7 heteroatoms. The first-order valence-electron chi connectivity index (χ1n) is 3.83. The van der Waals surface area contributed by atoms with Gasteiger partial charge in [-0.05, 0) is 6.42 Å².